The highest BCUT2D eigenvalue weighted by Gasteiger charge is 2.23. The smallest absolute Gasteiger partial charge is 0.316 e. The predicted molar refractivity (Wildman–Crippen MR) is 76.3 cm³/mol. The Morgan fingerprint density at radius 1 is 1.35 bits per heavy atom. The van der Waals surface area contributed by atoms with Crippen molar-refractivity contribution in [3.63, 3.8) is 0 Å². The van der Waals surface area contributed by atoms with Gasteiger partial charge in [-0.25, -0.2) is 9.97 Å². The van der Waals surface area contributed by atoms with Gasteiger partial charge in [0.1, 0.15) is 6.10 Å². The van der Waals surface area contributed by atoms with Crippen LogP contribution in [0.3, 0.4) is 0 Å². The van der Waals surface area contributed by atoms with E-state index in [1.54, 1.807) is 24.5 Å². The Balaban J connectivity index is 1.70. The topological polar surface area (TPSA) is 64.1 Å². The van der Waals surface area contributed by atoms with Gasteiger partial charge in [0.15, 0.2) is 0 Å². The van der Waals surface area contributed by atoms with Crippen molar-refractivity contribution in [1.29, 1.82) is 0 Å². The summed E-state index contributed by atoms with van der Waals surface area (Å²) in [6, 6.07) is 2.47. The summed E-state index contributed by atoms with van der Waals surface area (Å²) in [5.74, 6) is 0.112. The van der Waals surface area contributed by atoms with Crippen molar-refractivity contribution in [1.82, 2.24) is 15.3 Å². The average Bonchev–Trinajstić information content (AvgIpc) is 2.48. The van der Waals surface area contributed by atoms with Crippen LogP contribution in [0.25, 0.3) is 0 Å². The fourth-order valence-electron chi connectivity index (χ4n) is 2.35. The van der Waals surface area contributed by atoms with Gasteiger partial charge in [-0.1, -0.05) is 6.08 Å². The first-order valence-electron chi connectivity index (χ1n) is 7.12. The van der Waals surface area contributed by atoms with E-state index in [1.807, 2.05) is 0 Å². The maximum atomic E-state index is 11.6. The molecule has 2 rings (SSSR count). The van der Waals surface area contributed by atoms with Crippen molar-refractivity contribution in [3.8, 4) is 6.01 Å². The summed E-state index contributed by atoms with van der Waals surface area (Å²) in [6.45, 7) is 3.62. The van der Waals surface area contributed by atoms with Gasteiger partial charge in [-0.15, -0.1) is 6.58 Å². The van der Waals surface area contributed by atoms with Crippen LogP contribution in [0.5, 0.6) is 6.01 Å². The van der Waals surface area contributed by atoms with Crippen molar-refractivity contribution >= 4 is 5.91 Å². The Hall–Kier alpha value is -1.91. The number of allylic oxidation sites excluding steroid dienone is 1. The molecule has 1 fully saturated rings. The van der Waals surface area contributed by atoms with Crippen molar-refractivity contribution in [2.75, 3.05) is 0 Å². The van der Waals surface area contributed by atoms with Crippen LogP contribution in [0.4, 0.5) is 0 Å². The average molecular weight is 275 g/mol. The molecule has 0 atom stereocenters. The summed E-state index contributed by atoms with van der Waals surface area (Å²) in [7, 11) is 0. The van der Waals surface area contributed by atoms with Gasteiger partial charge in [0.25, 0.3) is 0 Å². The zero-order valence-electron chi connectivity index (χ0n) is 11.6. The molecule has 1 saturated carbocycles. The fraction of sp³-hybridized carbons (Fsp3) is 0.533. The van der Waals surface area contributed by atoms with Crippen molar-refractivity contribution < 1.29 is 9.53 Å². The molecule has 1 heterocycles. The standard InChI is InChI=1S/C15H21N3O2/c1-2-3-5-14(19)18-12-6-8-13(9-7-12)20-15-16-10-4-11-17-15/h2,4,10-13H,1,3,5-9H2,(H,18,19). The molecule has 0 aromatic carbocycles. The van der Waals surface area contributed by atoms with Crippen LogP contribution in [-0.4, -0.2) is 28.0 Å². The minimum atomic E-state index is 0.112. The molecule has 0 bridgehead atoms. The number of carbonyl (C=O) groups excluding carboxylic acids is 1. The lowest BCUT2D eigenvalue weighted by Crippen LogP contribution is -2.39. The third kappa shape index (κ3) is 4.64. The fourth-order valence-corrected chi connectivity index (χ4v) is 2.35. The number of nitrogens with one attached hydrogen (secondary N) is 1. The number of carbonyl (C=O) groups is 1. The summed E-state index contributed by atoms with van der Waals surface area (Å²) in [5, 5.41) is 3.06. The maximum absolute atomic E-state index is 11.6. The van der Waals surface area contributed by atoms with Crippen LogP contribution >= 0.6 is 0 Å². The molecule has 1 aliphatic rings. The quantitative estimate of drug-likeness (QED) is 0.809. The van der Waals surface area contributed by atoms with Crippen molar-refractivity contribution in [3.05, 3.63) is 31.1 Å². The molecular weight excluding hydrogens is 254 g/mol. The van der Waals surface area contributed by atoms with Gasteiger partial charge in [-0.3, -0.25) is 4.79 Å². The molecule has 0 spiro atoms. The second kappa shape index (κ2) is 7.62. The zero-order chi connectivity index (χ0) is 14.2. The van der Waals surface area contributed by atoms with Gasteiger partial charge < -0.3 is 10.1 Å². The Morgan fingerprint density at radius 3 is 2.70 bits per heavy atom. The molecule has 0 aliphatic heterocycles. The van der Waals surface area contributed by atoms with Gasteiger partial charge in [0.05, 0.1) is 0 Å². The molecular formula is C15H21N3O2. The second-order valence-corrected chi connectivity index (χ2v) is 5.02. The Labute approximate surface area is 119 Å². The van der Waals surface area contributed by atoms with Gasteiger partial charge in [0, 0.05) is 24.9 Å². The minimum Gasteiger partial charge on any atom is -0.460 e. The van der Waals surface area contributed by atoms with E-state index in [-0.39, 0.29) is 18.1 Å². The van der Waals surface area contributed by atoms with E-state index in [1.165, 1.54) is 0 Å². The van der Waals surface area contributed by atoms with E-state index in [0.29, 0.717) is 12.4 Å². The predicted octanol–water partition coefficient (Wildman–Crippen LogP) is 2.25. The lowest BCUT2D eigenvalue weighted by Gasteiger charge is -2.28. The highest BCUT2D eigenvalue weighted by Crippen LogP contribution is 2.22. The van der Waals surface area contributed by atoms with Crippen LogP contribution in [-0.2, 0) is 4.79 Å². The van der Waals surface area contributed by atoms with E-state index in [0.717, 1.165) is 32.1 Å². The molecule has 20 heavy (non-hydrogen) atoms. The molecule has 1 aromatic rings. The van der Waals surface area contributed by atoms with Crippen LogP contribution < -0.4 is 10.1 Å². The third-order valence-corrected chi connectivity index (χ3v) is 3.43. The number of aromatic nitrogens is 2. The molecule has 1 amide bonds. The summed E-state index contributed by atoms with van der Waals surface area (Å²) >= 11 is 0. The van der Waals surface area contributed by atoms with Crippen LogP contribution in [0.2, 0.25) is 0 Å². The molecule has 1 N–H and O–H groups in total. The van der Waals surface area contributed by atoms with Gasteiger partial charge >= 0.3 is 6.01 Å². The molecule has 5 nitrogen and oxygen atoms in total. The van der Waals surface area contributed by atoms with Crippen molar-refractivity contribution in [2.24, 2.45) is 0 Å². The van der Waals surface area contributed by atoms with Gasteiger partial charge in [-0.2, -0.15) is 0 Å². The van der Waals surface area contributed by atoms with Gasteiger partial charge in [0.2, 0.25) is 5.91 Å². The highest BCUT2D eigenvalue weighted by molar-refractivity contribution is 5.76. The summed E-state index contributed by atoms with van der Waals surface area (Å²) in [5.41, 5.74) is 0. The van der Waals surface area contributed by atoms with E-state index >= 15 is 0 Å². The van der Waals surface area contributed by atoms with E-state index in [2.05, 4.69) is 21.9 Å². The first kappa shape index (κ1) is 14.5. The lowest BCUT2D eigenvalue weighted by atomic mass is 9.93. The molecule has 0 saturated heterocycles. The third-order valence-electron chi connectivity index (χ3n) is 3.43. The molecule has 5 heteroatoms. The molecule has 1 aromatic heterocycles. The summed E-state index contributed by atoms with van der Waals surface area (Å²) in [6.07, 6.45) is 10.3. The number of hydrogen-bond acceptors (Lipinski definition) is 4. The SMILES string of the molecule is C=CCCC(=O)NC1CCC(Oc2ncccn2)CC1. The molecule has 0 unspecified atom stereocenters. The first-order chi connectivity index (χ1) is 9.78. The van der Waals surface area contributed by atoms with E-state index < -0.39 is 0 Å². The molecule has 108 valence electrons. The number of ether oxygens (including phenoxy) is 1. The number of rotatable bonds is 6. The Kier molecular flexibility index (Phi) is 5.53. The normalized spacial score (nSPS) is 22.0. The zero-order valence-corrected chi connectivity index (χ0v) is 11.6. The highest BCUT2D eigenvalue weighted by atomic mass is 16.5. The number of amides is 1. The number of nitrogens with zero attached hydrogens (tertiary/aromatic N) is 2. The van der Waals surface area contributed by atoms with Crippen molar-refractivity contribution in [2.45, 2.75) is 50.7 Å². The first-order valence-corrected chi connectivity index (χ1v) is 7.12. The Bertz CT molecular complexity index is 428. The second-order valence-electron chi connectivity index (χ2n) is 5.02. The maximum Gasteiger partial charge on any atom is 0.316 e. The number of hydrogen-bond donors (Lipinski definition) is 1. The van der Waals surface area contributed by atoms with Gasteiger partial charge in [-0.05, 0) is 38.2 Å². The van der Waals surface area contributed by atoms with Crippen LogP contribution in [0.1, 0.15) is 38.5 Å². The van der Waals surface area contributed by atoms with Crippen LogP contribution in [0.15, 0.2) is 31.1 Å². The minimum absolute atomic E-state index is 0.112. The largest absolute Gasteiger partial charge is 0.460 e. The van der Waals surface area contributed by atoms with E-state index in [9.17, 15) is 4.79 Å². The lowest BCUT2D eigenvalue weighted by molar-refractivity contribution is -0.122. The van der Waals surface area contributed by atoms with Crippen LogP contribution in [0, 0.1) is 0 Å². The summed E-state index contributed by atoms with van der Waals surface area (Å²) < 4.78 is 5.73. The van der Waals surface area contributed by atoms with E-state index in [4.69, 9.17) is 4.74 Å². The Morgan fingerprint density at radius 2 is 2.05 bits per heavy atom. The summed E-state index contributed by atoms with van der Waals surface area (Å²) in [4.78, 5) is 19.8. The molecule has 1 aliphatic carbocycles. The monoisotopic (exact) mass is 275 g/mol. The molecule has 0 radical (unpaired) electrons.